The van der Waals surface area contributed by atoms with Gasteiger partial charge in [-0.1, -0.05) is 95.2 Å². The van der Waals surface area contributed by atoms with Gasteiger partial charge in [-0.3, -0.25) is 9.59 Å². The largest absolute Gasteiger partial charge is 0.481 e. The number of rotatable bonds is 14. The van der Waals surface area contributed by atoms with Crippen LogP contribution in [0.2, 0.25) is 0 Å². The minimum atomic E-state index is -0.888. The van der Waals surface area contributed by atoms with Crippen LogP contribution in [0.15, 0.2) is 43.0 Å². The summed E-state index contributed by atoms with van der Waals surface area (Å²) in [6.07, 6.45) is 14.2. The summed E-state index contributed by atoms with van der Waals surface area (Å²) >= 11 is 0. The first-order valence-electron chi connectivity index (χ1n) is 12.1. The van der Waals surface area contributed by atoms with Crippen LogP contribution in [-0.4, -0.2) is 22.6 Å². The lowest BCUT2D eigenvalue weighted by Crippen LogP contribution is -2.41. The average Bonchev–Trinajstić information content (AvgIpc) is 2.79. The van der Waals surface area contributed by atoms with Gasteiger partial charge in [0.25, 0.3) is 0 Å². The van der Waals surface area contributed by atoms with Crippen LogP contribution in [0.5, 0.6) is 0 Å². The lowest BCUT2D eigenvalue weighted by Gasteiger charge is -2.35. The third-order valence-corrected chi connectivity index (χ3v) is 6.61. The topological polar surface area (TPSA) is 63.6 Å². The van der Waals surface area contributed by atoms with Crippen LogP contribution in [0.4, 0.5) is 0 Å². The Kier molecular flexibility index (Phi) is 10.8. The number of benzene rings is 1. The summed E-state index contributed by atoms with van der Waals surface area (Å²) in [5.41, 5.74) is 0.305. The van der Waals surface area contributed by atoms with Crippen molar-refractivity contribution in [3.63, 3.8) is 0 Å². The van der Waals surface area contributed by atoms with Gasteiger partial charge < -0.3 is 9.84 Å². The first kappa shape index (κ1) is 25.2. The fourth-order valence-corrected chi connectivity index (χ4v) is 4.70. The van der Waals surface area contributed by atoms with Crippen LogP contribution < -0.4 is 0 Å². The Balaban J connectivity index is 2.07. The second-order valence-electron chi connectivity index (χ2n) is 9.06. The number of carbonyl (C=O) groups is 2. The maximum atomic E-state index is 13.2. The Morgan fingerprint density at radius 1 is 1.03 bits per heavy atom. The molecule has 4 heteroatoms. The van der Waals surface area contributed by atoms with Gasteiger partial charge in [0, 0.05) is 6.42 Å². The molecule has 1 fully saturated rings. The maximum absolute atomic E-state index is 13.2. The van der Waals surface area contributed by atoms with Gasteiger partial charge in [-0.05, 0) is 37.3 Å². The second-order valence-corrected chi connectivity index (χ2v) is 9.06. The smallest absolute Gasteiger partial charge is 0.310 e. The van der Waals surface area contributed by atoms with Crippen molar-refractivity contribution in [3.8, 4) is 0 Å². The quantitative estimate of drug-likeness (QED) is 0.203. The van der Waals surface area contributed by atoms with Crippen LogP contribution in [0, 0.1) is 11.8 Å². The second kappa shape index (κ2) is 13.3. The van der Waals surface area contributed by atoms with Gasteiger partial charge in [0.1, 0.15) is 5.60 Å². The molecule has 0 saturated heterocycles. The number of aliphatic carboxylic acids is 1. The summed E-state index contributed by atoms with van der Waals surface area (Å²) in [5.74, 6) is -2.46. The Labute approximate surface area is 188 Å². The van der Waals surface area contributed by atoms with Crippen LogP contribution in [0.3, 0.4) is 0 Å². The fraction of sp³-hybridized carbons (Fsp3) is 0.630. The van der Waals surface area contributed by atoms with Crippen molar-refractivity contribution < 1.29 is 19.4 Å². The molecule has 0 bridgehead atoms. The van der Waals surface area contributed by atoms with E-state index in [1.165, 1.54) is 32.1 Å². The van der Waals surface area contributed by atoms with Crippen LogP contribution >= 0.6 is 0 Å². The van der Waals surface area contributed by atoms with Gasteiger partial charge in [-0.2, -0.15) is 0 Å². The molecule has 0 radical (unpaired) electrons. The number of hydrogen-bond acceptors (Lipinski definition) is 3. The van der Waals surface area contributed by atoms with E-state index in [-0.39, 0.29) is 5.97 Å². The van der Waals surface area contributed by atoms with E-state index in [0.717, 1.165) is 37.7 Å². The molecule has 0 amide bonds. The lowest BCUT2D eigenvalue weighted by atomic mass is 9.79. The van der Waals surface area contributed by atoms with Crippen molar-refractivity contribution in [1.29, 1.82) is 0 Å². The molecule has 1 aromatic rings. The molecule has 0 spiro atoms. The van der Waals surface area contributed by atoms with Gasteiger partial charge >= 0.3 is 11.9 Å². The Bertz CT molecular complexity index is 684. The fourth-order valence-electron chi connectivity index (χ4n) is 4.70. The molecule has 1 aliphatic carbocycles. The average molecular weight is 429 g/mol. The Hall–Kier alpha value is -2.10. The normalized spacial score (nSPS) is 20.5. The molecule has 3 unspecified atom stereocenters. The number of ether oxygens (including phenoxy) is 1. The van der Waals surface area contributed by atoms with Gasteiger partial charge in [0.2, 0.25) is 0 Å². The molecule has 3 atom stereocenters. The van der Waals surface area contributed by atoms with E-state index in [4.69, 9.17) is 4.74 Å². The molecule has 0 aliphatic heterocycles. The number of carbonyl (C=O) groups excluding carboxylic acids is 1. The molecule has 0 heterocycles. The van der Waals surface area contributed by atoms with Gasteiger partial charge in [-0.25, -0.2) is 0 Å². The zero-order valence-electron chi connectivity index (χ0n) is 19.2. The number of unbranched alkanes of at least 4 members (excludes halogenated alkanes) is 6. The van der Waals surface area contributed by atoms with Crippen LogP contribution in [0.25, 0.3) is 0 Å². The van der Waals surface area contributed by atoms with Crippen molar-refractivity contribution in [1.82, 2.24) is 0 Å². The van der Waals surface area contributed by atoms with E-state index in [2.05, 4.69) is 13.5 Å². The SMILES string of the molecule is C=CC(CCCCCCCCC)(Cc1ccccc1)OC(=O)C1CCCCC1C(=O)O. The van der Waals surface area contributed by atoms with Crippen molar-refractivity contribution in [2.24, 2.45) is 11.8 Å². The zero-order valence-corrected chi connectivity index (χ0v) is 19.2. The molecule has 31 heavy (non-hydrogen) atoms. The summed E-state index contributed by atoms with van der Waals surface area (Å²) in [6.45, 7) is 6.25. The molecule has 1 aromatic carbocycles. The predicted molar refractivity (Wildman–Crippen MR) is 125 cm³/mol. The summed E-state index contributed by atoms with van der Waals surface area (Å²) in [7, 11) is 0. The summed E-state index contributed by atoms with van der Waals surface area (Å²) < 4.78 is 6.14. The maximum Gasteiger partial charge on any atom is 0.310 e. The van der Waals surface area contributed by atoms with E-state index < -0.39 is 23.4 Å². The molecular formula is C27H40O4. The third-order valence-electron chi connectivity index (χ3n) is 6.61. The Morgan fingerprint density at radius 2 is 1.65 bits per heavy atom. The standard InChI is InChI=1S/C27H40O4/c1-3-5-6-7-8-9-15-20-27(4-2,21-22-16-11-10-12-17-22)31-26(30)24-19-14-13-18-23(24)25(28)29/h4,10-12,16-17,23-24H,2-3,5-9,13-15,18-21H2,1H3,(H,28,29). The highest BCUT2D eigenvalue weighted by molar-refractivity contribution is 5.81. The van der Waals surface area contributed by atoms with Gasteiger partial charge in [-0.15, -0.1) is 0 Å². The van der Waals surface area contributed by atoms with Crippen LogP contribution in [-0.2, 0) is 20.7 Å². The first-order valence-corrected chi connectivity index (χ1v) is 12.1. The van der Waals surface area contributed by atoms with Crippen molar-refractivity contribution >= 4 is 11.9 Å². The number of esters is 1. The number of hydrogen-bond donors (Lipinski definition) is 1. The number of carboxylic acid groups (broad SMARTS) is 1. The van der Waals surface area contributed by atoms with E-state index in [1.807, 2.05) is 30.3 Å². The molecular weight excluding hydrogens is 388 g/mol. The van der Waals surface area contributed by atoms with Crippen molar-refractivity contribution in [2.75, 3.05) is 0 Å². The molecule has 1 N–H and O–H groups in total. The third kappa shape index (κ3) is 8.16. The highest BCUT2D eigenvalue weighted by Gasteiger charge is 2.40. The number of carboxylic acids is 1. The highest BCUT2D eigenvalue weighted by atomic mass is 16.6. The summed E-state index contributed by atoms with van der Waals surface area (Å²) in [4.78, 5) is 24.8. The molecule has 2 rings (SSSR count). The van der Waals surface area contributed by atoms with Gasteiger partial charge in [0.05, 0.1) is 11.8 Å². The van der Waals surface area contributed by atoms with Gasteiger partial charge in [0.15, 0.2) is 0 Å². The zero-order chi connectivity index (χ0) is 22.5. The first-order chi connectivity index (χ1) is 15.0. The van der Waals surface area contributed by atoms with Crippen LogP contribution in [0.1, 0.15) is 89.5 Å². The van der Waals surface area contributed by atoms with E-state index in [1.54, 1.807) is 6.08 Å². The predicted octanol–water partition coefficient (Wildman–Crippen LogP) is 6.73. The highest BCUT2D eigenvalue weighted by Crippen LogP contribution is 2.35. The molecule has 1 saturated carbocycles. The Morgan fingerprint density at radius 3 is 2.26 bits per heavy atom. The minimum Gasteiger partial charge on any atom is -0.481 e. The summed E-state index contributed by atoms with van der Waals surface area (Å²) in [6, 6.07) is 10.0. The minimum absolute atomic E-state index is 0.370. The van der Waals surface area contributed by atoms with E-state index in [0.29, 0.717) is 19.3 Å². The molecule has 1 aliphatic rings. The molecule has 4 nitrogen and oxygen atoms in total. The van der Waals surface area contributed by atoms with E-state index in [9.17, 15) is 14.7 Å². The molecule has 0 aromatic heterocycles. The summed E-state index contributed by atoms with van der Waals surface area (Å²) in [5, 5.41) is 9.58. The monoisotopic (exact) mass is 428 g/mol. The molecule has 172 valence electrons. The van der Waals surface area contributed by atoms with E-state index >= 15 is 0 Å². The lowest BCUT2D eigenvalue weighted by molar-refractivity contribution is -0.169. The van der Waals surface area contributed by atoms with Crippen molar-refractivity contribution in [2.45, 2.75) is 96.0 Å². The van der Waals surface area contributed by atoms with Crippen molar-refractivity contribution in [3.05, 3.63) is 48.6 Å².